The molecular weight excluding hydrogens is 336 g/mol. The molecule has 0 saturated carbocycles. The topological polar surface area (TPSA) is 107 Å². The highest BCUT2D eigenvalue weighted by Gasteiger charge is 2.43. The number of rotatable bonds is 5. The number of nitrogens with one attached hydrogen (secondary N) is 1. The van der Waals surface area contributed by atoms with Crippen LogP contribution in [0.15, 0.2) is 24.3 Å². The number of nitrogens with zero attached hydrogens (tertiary/aromatic N) is 1. The summed E-state index contributed by atoms with van der Waals surface area (Å²) in [5.74, 6) is -2.80. The molecule has 2 amide bonds. The fourth-order valence-electron chi connectivity index (χ4n) is 2.72. The second-order valence-corrected chi connectivity index (χ2v) is 6.55. The van der Waals surface area contributed by atoms with E-state index in [4.69, 9.17) is 16.7 Å². The van der Waals surface area contributed by atoms with E-state index in [0.29, 0.717) is 5.02 Å². The summed E-state index contributed by atoms with van der Waals surface area (Å²) in [6, 6.07) is 6.40. The van der Waals surface area contributed by atoms with Gasteiger partial charge in [0.2, 0.25) is 11.8 Å². The summed E-state index contributed by atoms with van der Waals surface area (Å²) >= 11 is 5.99. The maximum Gasteiger partial charge on any atom is 0.337 e. The zero-order valence-corrected chi connectivity index (χ0v) is 14.1. The molecule has 3 N–H and O–H groups in total. The van der Waals surface area contributed by atoms with Crippen molar-refractivity contribution in [3.05, 3.63) is 34.9 Å². The molecule has 1 aromatic rings. The normalized spacial score (nSPS) is 23.0. The SMILES string of the molecule is CN1C(=O)CC(C(=O)NCC(C)(O)C(=O)O)C1c1cccc(Cl)c1. The minimum atomic E-state index is -2.07. The lowest BCUT2D eigenvalue weighted by molar-refractivity contribution is -0.156. The maximum atomic E-state index is 12.4. The molecule has 0 aliphatic carbocycles. The standard InChI is InChI=1S/C16H19ClN2O5/c1-16(24,15(22)23)8-18-14(21)11-7-12(20)19(2)13(11)9-4-3-5-10(17)6-9/h3-6,11,13,24H,7-8H2,1-2H3,(H,18,21)(H,22,23). The number of carboxylic acids is 1. The molecule has 0 spiro atoms. The molecule has 3 atom stereocenters. The minimum Gasteiger partial charge on any atom is -0.479 e. The Morgan fingerprint density at radius 3 is 2.71 bits per heavy atom. The van der Waals surface area contributed by atoms with E-state index < -0.39 is 36.0 Å². The molecule has 7 nitrogen and oxygen atoms in total. The van der Waals surface area contributed by atoms with E-state index in [0.717, 1.165) is 12.5 Å². The third kappa shape index (κ3) is 3.68. The number of halogens is 1. The summed E-state index contributed by atoms with van der Waals surface area (Å²) in [4.78, 5) is 36.9. The molecule has 0 bridgehead atoms. The first-order chi connectivity index (χ1) is 11.1. The summed E-state index contributed by atoms with van der Waals surface area (Å²) in [7, 11) is 1.61. The molecule has 1 aliphatic heterocycles. The maximum absolute atomic E-state index is 12.4. The van der Waals surface area contributed by atoms with Crippen LogP contribution in [0, 0.1) is 5.92 Å². The quantitative estimate of drug-likeness (QED) is 0.725. The molecular formula is C16H19ClN2O5. The Kier molecular flexibility index (Phi) is 5.15. The van der Waals surface area contributed by atoms with Gasteiger partial charge in [-0.05, 0) is 24.6 Å². The number of aliphatic hydroxyl groups is 1. The molecule has 1 saturated heterocycles. The van der Waals surface area contributed by atoms with Crippen LogP contribution in [0.5, 0.6) is 0 Å². The molecule has 1 aliphatic rings. The van der Waals surface area contributed by atoms with Crippen LogP contribution in [0.1, 0.15) is 24.9 Å². The third-order valence-electron chi connectivity index (χ3n) is 4.18. The molecule has 130 valence electrons. The zero-order valence-electron chi connectivity index (χ0n) is 13.3. The second kappa shape index (κ2) is 6.78. The number of carboxylic acid groups (broad SMARTS) is 1. The molecule has 8 heteroatoms. The number of carbonyl (C=O) groups is 3. The first kappa shape index (κ1) is 18.2. The lowest BCUT2D eigenvalue weighted by Gasteiger charge is -2.26. The van der Waals surface area contributed by atoms with E-state index in [1.807, 2.05) is 0 Å². The average molecular weight is 355 g/mol. The van der Waals surface area contributed by atoms with Crippen molar-refractivity contribution < 1.29 is 24.6 Å². The van der Waals surface area contributed by atoms with Crippen molar-refractivity contribution in [2.45, 2.75) is 25.0 Å². The Labute approximate surface area is 144 Å². The van der Waals surface area contributed by atoms with Crippen molar-refractivity contribution in [2.24, 2.45) is 5.92 Å². The van der Waals surface area contributed by atoms with Crippen LogP contribution >= 0.6 is 11.6 Å². The predicted octanol–water partition coefficient (Wildman–Crippen LogP) is 0.811. The van der Waals surface area contributed by atoms with E-state index in [1.54, 1.807) is 31.3 Å². The first-order valence-corrected chi connectivity index (χ1v) is 7.76. The average Bonchev–Trinajstić information content (AvgIpc) is 2.80. The number of likely N-dealkylation sites (tertiary alicyclic amines) is 1. The predicted molar refractivity (Wildman–Crippen MR) is 86.3 cm³/mol. The van der Waals surface area contributed by atoms with Gasteiger partial charge in [0.05, 0.1) is 18.5 Å². The highest BCUT2D eigenvalue weighted by molar-refractivity contribution is 6.30. The van der Waals surface area contributed by atoms with Crippen molar-refractivity contribution in [1.29, 1.82) is 0 Å². The molecule has 1 fully saturated rings. The summed E-state index contributed by atoms with van der Waals surface area (Å²) in [5.41, 5.74) is -1.35. The number of aliphatic carboxylic acids is 1. The van der Waals surface area contributed by atoms with E-state index in [-0.39, 0.29) is 12.3 Å². The molecule has 0 aromatic heterocycles. The van der Waals surface area contributed by atoms with Gasteiger partial charge in [-0.3, -0.25) is 9.59 Å². The monoisotopic (exact) mass is 354 g/mol. The Morgan fingerprint density at radius 2 is 2.12 bits per heavy atom. The molecule has 2 rings (SSSR count). The van der Waals surface area contributed by atoms with Crippen molar-refractivity contribution >= 4 is 29.4 Å². The van der Waals surface area contributed by atoms with Crippen LogP contribution < -0.4 is 5.32 Å². The van der Waals surface area contributed by atoms with Crippen molar-refractivity contribution in [3.8, 4) is 0 Å². The number of carbonyl (C=O) groups excluding carboxylic acids is 2. The fourth-order valence-corrected chi connectivity index (χ4v) is 2.92. The Balaban J connectivity index is 2.19. The van der Waals surface area contributed by atoms with Gasteiger partial charge in [0.15, 0.2) is 5.60 Å². The second-order valence-electron chi connectivity index (χ2n) is 6.11. The molecule has 24 heavy (non-hydrogen) atoms. The smallest absolute Gasteiger partial charge is 0.337 e. The van der Waals surface area contributed by atoms with Gasteiger partial charge in [-0.25, -0.2) is 4.79 Å². The van der Waals surface area contributed by atoms with Crippen LogP contribution in [0.4, 0.5) is 0 Å². The van der Waals surface area contributed by atoms with Gasteiger partial charge in [0, 0.05) is 18.5 Å². The van der Waals surface area contributed by atoms with Crippen LogP contribution in [-0.4, -0.2) is 52.1 Å². The molecule has 1 aromatic carbocycles. The lowest BCUT2D eigenvalue weighted by atomic mass is 9.92. The van der Waals surface area contributed by atoms with Gasteiger partial charge in [-0.2, -0.15) is 0 Å². The zero-order chi connectivity index (χ0) is 18.1. The van der Waals surface area contributed by atoms with Crippen LogP contribution in [0.3, 0.4) is 0 Å². The van der Waals surface area contributed by atoms with E-state index in [2.05, 4.69) is 5.32 Å². The summed E-state index contributed by atoms with van der Waals surface area (Å²) in [6.45, 7) is 0.647. The van der Waals surface area contributed by atoms with Gasteiger partial charge < -0.3 is 20.4 Å². The van der Waals surface area contributed by atoms with Crippen molar-refractivity contribution in [1.82, 2.24) is 10.2 Å². The molecule has 3 unspecified atom stereocenters. The van der Waals surface area contributed by atoms with E-state index in [9.17, 15) is 19.5 Å². The largest absolute Gasteiger partial charge is 0.479 e. The number of amides is 2. The fraction of sp³-hybridized carbons (Fsp3) is 0.438. The Morgan fingerprint density at radius 1 is 1.46 bits per heavy atom. The van der Waals surface area contributed by atoms with Gasteiger partial charge >= 0.3 is 5.97 Å². The summed E-state index contributed by atoms with van der Waals surface area (Å²) in [5, 5.41) is 21.5. The number of hydrogen-bond donors (Lipinski definition) is 3. The van der Waals surface area contributed by atoms with Crippen LogP contribution in [0.25, 0.3) is 0 Å². The van der Waals surface area contributed by atoms with Gasteiger partial charge in [-0.1, -0.05) is 23.7 Å². The molecule has 1 heterocycles. The number of benzene rings is 1. The van der Waals surface area contributed by atoms with Gasteiger partial charge in [0.1, 0.15) is 0 Å². The first-order valence-electron chi connectivity index (χ1n) is 7.38. The van der Waals surface area contributed by atoms with Gasteiger partial charge in [-0.15, -0.1) is 0 Å². The number of hydrogen-bond acceptors (Lipinski definition) is 4. The Bertz CT molecular complexity index is 676. The Hall–Kier alpha value is -2.12. The summed E-state index contributed by atoms with van der Waals surface area (Å²) < 4.78 is 0. The van der Waals surface area contributed by atoms with E-state index >= 15 is 0 Å². The highest BCUT2D eigenvalue weighted by Crippen LogP contribution is 2.37. The van der Waals surface area contributed by atoms with Crippen molar-refractivity contribution in [2.75, 3.05) is 13.6 Å². The highest BCUT2D eigenvalue weighted by atomic mass is 35.5. The van der Waals surface area contributed by atoms with E-state index in [1.165, 1.54) is 4.90 Å². The van der Waals surface area contributed by atoms with Gasteiger partial charge in [0.25, 0.3) is 0 Å². The lowest BCUT2D eigenvalue weighted by Crippen LogP contribution is -2.48. The van der Waals surface area contributed by atoms with Crippen LogP contribution in [-0.2, 0) is 14.4 Å². The summed E-state index contributed by atoms with van der Waals surface area (Å²) in [6.07, 6.45) is 0.00866. The van der Waals surface area contributed by atoms with Crippen molar-refractivity contribution in [3.63, 3.8) is 0 Å². The minimum absolute atomic E-state index is 0.00866. The van der Waals surface area contributed by atoms with Crippen LogP contribution in [0.2, 0.25) is 5.02 Å². The third-order valence-corrected chi connectivity index (χ3v) is 4.42. The molecule has 0 radical (unpaired) electrons.